The van der Waals surface area contributed by atoms with E-state index in [1.165, 1.54) is 0 Å². The molecule has 0 unspecified atom stereocenters. The third-order valence-corrected chi connectivity index (χ3v) is 2.04. The smallest absolute Gasteiger partial charge is 0.417 e. The number of alkyl halides is 3. The highest BCUT2D eigenvalue weighted by Gasteiger charge is 2.32. The minimum Gasteiger partial charge on any atom is -0.465 e. The van der Waals surface area contributed by atoms with Gasteiger partial charge in [0.15, 0.2) is 0 Å². The molecule has 0 saturated heterocycles. The van der Waals surface area contributed by atoms with E-state index in [2.05, 4.69) is 9.72 Å². The predicted octanol–water partition coefficient (Wildman–Crippen LogP) is 2.45. The van der Waals surface area contributed by atoms with E-state index in [1.54, 1.807) is 6.92 Å². The zero-order chi connectivity index (χ0) is 12.3. The Hall–Kier alpha value is -1.59. The first kappa shape index (κ1) is 12.5. The molecule has 3 nitrogen and oxygen atoms in total. The molecule has 0 N–H and O–H groups in total. The van der Waals surface area contributed by atoms with Gasteiger partial charge in [-0.05, 0) is 12.5 Å². The normalized spacial score (nSPS) is 11.3. The summed E-state index contributed by atoms with van der Waals surface area (Å²) in [6.07, 6.45) is -3.43. The Morgan fingerprint density at radius 2 is 2.12 bits per heavy atom. The van der Waals surface area contributed by atoms with Gasteiger partial charge in [-0.25, -0.2) is 4.79 Å². The molecule has 0 saturated carbocycles. The number of methoxy groups -OCH3 is 1. The summed E-state index contributed by atoms with van der Waals surface area (Å²) in [6, 6.07) is 0.762. The van der Waals surface area contributed by atoms with Crippen LogP contribution in [0.5, 0.6) is 0 Å². The van der Waals surface area contributed by atoms with Gasteiger partial charge in [0, 0.05) is 6.20 Å². The van der Waals surface area contributed by atoms with E-state index in [-0.39, 0.29) is 5.56 Å². The summed E-state index contributed by atoms with van der Waals surface area (Å²) in [7, 11) is 1.11. The Morgan fingerprint density at radius 3 is 2.56 bits per heavy atom. The molecule has 0 aliphatic rings. The maximum atomic E-state index is 12.4. The maximum absolute atomic E-state index is 12.4. The fourth-order valence-corrected chi connectivity index (χ4v) is 1.22. The minimum atomic E-state index is -4.51. The van der Waals surface area contributed by atoms with Crippen molar-refractivity contribution in [3.05, 3.63) is 29.1 Å². The van der Waals surface area contributed by atoms with E-state index in [0.717, 1.165) is 13.2 Å². The van der Waals surface area contributed by atoms with Gasteiger partial charge in [-0.2, -0.15) is 13.2 Å². The molecule has 0 atom stereocenters. The molecule has 1 rings (SSSR count). The number of rotatable bonds is 2. The van der Waals surface area contributed by atoms with Crippen molar-refractivity contribution in [1.82, 2.24) is 4.98 Å². The molecule has 1 aromatic heterocycles. The van der Waals surface area contributed by atoms with Gasteiger partial charge in [0.05, 0.1) is 23.9 Å². The van der Waals surface area contributed by atoms with Crippen LogP contribution in [0.25, 0.3) is 0 Å². The lowest BCUT2D eigenvalue weighted by Crippen LogP contribution is -2.12. The zero-order valence-electron chi connectivity index (χ0n) is 8.76. The van der Waals surface area contributed by atoms with Crippen molar-refractivity contribution in [2.45, 2.75) is 19.5 Å². The minimum absolute atomic E-state index is 0.139. The summed E-state index contributed by atoms with van der Waals surface area (Å²) in [5, 5.41) is 0. The molecule has 88 valence electrons. The second-order valence-corrected chi connectivity index (χ2v) is 3.06. The van der Waals surface area contributed by atoms with Gasteiger partial charge < -0.3 is 4.74 Å². The predicted molar refractivity (Wildman–Crippen MR) is 50.0 cm³/mol. The van der Waals surface area contributed by atoms with Crippen LogP contribution < -0.4 is 0 Å². The quantitative estimate of drug-likeness (QED) is 0.736. The standard InChI is InChI=1S/C10H10F3NO2/c1-3-8-7(9(15)16-2)4-6(5-14-8)10(11,12)13/h4-5H,3H2,1-2H3. The Balaban J connectivity index is 3.27. The maximum Gasteiger partial charge on any atom is 0.417 e. The van der Waals surface area contributed by atoms with Crippen molar-refractivity contribution < 1.29 is 22.7 Å². The van der Waals surface area contributed by atoms with Crippen LogP contribution in [0.4, 0.5) is 13.2 Å². The summed E-state index contributed by atoms with van der Waals surface area (Å²) in [5.74, 6) is -0.810. The van der Waals surface area contributed by atoms with Crippen LogP contribution in [0.1, 0.15) is 28.5 Å². The summed E-state index contributed by atoms with van der Waals surface area (Å²) < 4.78 is 41.5. The molecule has 16 heavy (non-hydrogen) atoms. The molecule has 0 bridgehead atoms. The van der Waals surface area contributed by atoms with Crippen LogP contribution in [-0.4, -0.2) is 18.1 Å². The first-order valence-corrected chi connectivity index (χ1v) is 4.54. The van der Waals surface area contributed by atoms with Crippen LogP contribution in [0, 0.1) is 0 Å². The molecule has 0 fully saturated rings. The summed E-state index contributed by atoms with van der Waals surface area (Å²) in [5.41, 5.74) is -0.801. The van der Waals surface area contributed by atoms with E-state index >= 15 is 0 Å². The molecule has 1 heterocycles. The van der Waals surface area contributed by atoms with E-state index < -0.39 is 17.7 Å². The van der Waals surface area contributed by atoms with Gasteiger partial charge in [0.25, 0.3) is 0 Å². The highest BCUT2D eigenvalue weighted by atomic mass is 19.4. The molecular formula is C10H10F3NO2. The third-order valence-electron chi connectivity index (χ3n) is 2.04. The van der Waals surface area contributed by atoms with E-state index in [0.29, 0.717) is 18.3 Å². The second-order valence-electron chi connectivity index (χ2n) is 3.06. The lowest BCUT2D eigenvalue weighted by Gasteiger charge is -2.10. The number of carbonyl (C=O) groups excluding carboxylic acids is 1. The van der Waals surface area contributed by atoms with Gasteiger partial charge >= 0.3 is 12.1 Å². The van der Waals surface area contributed by atoms with Gasteiger partial charge in [0.1, 0.15) is 0 Å². The zero-order valence-corrected chi connectivity index (χ0v) is 8.76. The van der Waals surface area contributed by atoms with Crippen molar-refractivity contribution in [2.75, 3.05) is 7.11 Å². The van der Waals surface area contributed by atoms with Crippen molar-refractivity contribution in [2.24, 2.45) is 0 Å². The van der Waals surface area contributed by atoms with Gasteiger partial charge in [0.2, 0.25) is 0 Å². The highest BCUT2D eigenvalue weighted by Crippen LogP contribution is 2.29. The van der Waals surface area contributed by atoms with Crippen LogP contribution in [0.2, 0.25) is 0 Å². The molecular weight excluding hydrogens is 223 g/mol. The number of aryl methyl sites for hydroxylation is 1. The number of halogens is 3. The first-order valence-electron chi connectivity index (χ1n) is 4.54. The lowest BCUT2D eigenvalue weighted by molar-refractivity contribution is -0.137. The number of esters is 1. The fraction of sp³-hybridized carbons (Fsp3) is 0.400. The van der Waals surface area contributed by atoms with Crippen LogP contribution in [0.3, 0.4) is 0 Å². The number of pyridine rings is 1. The molecule has 6 heteroatoms. The summed E-state index contributed by atoms with van der Waals surface area (Å²) in [6.45, 7) is 1.70. The Bertz CT molecular complexity index is 402. The van der Waals surface area contributed by atoms with Crippen molar-refractivity contribution in [1.29, 1.82) is 0 Å². The number of nitrogens with zero attached hydrogens (tertiary/aromatic N) is 1. The number of hydrogen-bond acceptors (Lipinski definition) is 3. The monoisotopic (exact) mass is 233 g/mol. The topological polar surface area (TPSA) is 39.2 Å². The molecule has 1 aromatic rings. The van der Waals surface area contributed by atoms with Crippen molar-refractivity contribution >= 4 is 5.97 Å². The van der Waals surface area contributed by atoms with E-state index in [9.17, 15) is 18.0 Å². The third kappa shape index (κ3) is 2.50. The number of hydrogen-bond donors (Lipinski definition) is 0. The first-order chi connectivity index (χ1) is 7.40. The average molecular weight is 233 g/mol. The lowest BCUT2D eigenvalue weighted by atomic mass is 10.1. The molecule has 0 radical (unpaired) electrons. The average Bonchev–Trinajstić information content (AvgIpc) is 2.25. The van der Waals surface area contributed by atoms with Crippen molar-refractivity contribution in [3.8, 4) is 0 Å². The Labute approximate surface area is 90.2 Å². The Morgan fingerprint density at radius 1 is 1.50 bits per heavy atom. The largest absolute Gasteiger partial charge is 0.465 e. The second kappa shape index (κ2) is 4.51. The van der Waals surface area contributed by atoms with E-state index in [1.807, 2.05) is 0 Å². The molecule has 0 aliphatic heterocycles. The van der Waals surface area contributed by atoms with Crippen molar-refractivity contribution in [3.63, 3.8) is 0 Å². The highest BCUT2D eigenvalue weighted by molar-refractivity contribution is 5.90. The molecule has 0 amide bonds. The molecule has 0 aromatic carbocycles. The number of aromatic nitrogens is 1. The molecule has 0 spiro atoms. The fourth-order valence-electron chi connectivity index (χ4n) is 1.22. The Kier molecular flexibility index (Phi) is 3.51. The van der Waals surface area contributed by atoms with Gasteiger partial charge in [-0.15, -0.1) is 0 Å². The summed E-state index contributed by atoms with van der Waals surface area (Å²) >= 11 is 0. The van der Waals surface area contributed by atoms with Gasteiger partial charge in [-0.1, -0.05) is 6.92 Å². The van der Waals surface area contributed by atoms with Gasteiger partial charge in [-0.3, -0.25) is 4.98 Å². The van der Waals surface area contributed by atoms with Crippen LogP contribution in [-0.2, 0) is 17.3 Å². The number of ether oxygens (including phenoxy) is 1. The van der Waals surface area contributed by atoms with E-state index in [4.69, 9.17) is 0 Å². The van der Waals surface area contributed by atoms with Crippen LogP contribution in [0.15, 0.2) is 12.3 Å². The summed E-state index contributed by atoms with van der Waals surface area (Å²) in [4.78, 5) is 14.9. The SMILES string of the molecule is CCc1ncc(C(F)(F)F)cc1C(=O)OC. The number of carbonyl (C=O) groups is 1. The van der Waals surface area contributed by atoms with Crippen LogP contribution >= 0.6 is 0 Å². The molecule has 0 aliphatic carbocycles.